The molecule has 0 unspecified atom stereocenters. The summed E-state index contributed by atoms with van der Waals surface area (Å²) in [6, 6.07) is 20.3. The van der Waals surface area contributed by atoms with Crippen molar-refractivity contribution >= 4 is 17.5 Å². The molecule has 6 nitrogen and oxygen atoms in total. The first-order valence-corrected chi connectivity index (χ1v) is 10.4. The van der Waals surface area contributed by atoms with Gasteiger partial charge in [-0.3, -0.25) is 20.4 Å². The molecule has 0 saturated carbocycles. The van der Waals surface area contributed by atoms with Crippen LogP contribution in [0.1, 0.15) is 31.2 Å². The van der Waals surface area contributed by atoms with E-state index >= 15 is 0 Å². The second-order valence-corrected chi connectivity index (χ2v) is 7.68. The topological polar surface area (TPSA) is 65.9 Å². The summed E-state index contributed by atoms with van der Waals surface area (Å²) < 4.78 is 0. The van der Waals surface area contributed by atoms with Gasteiger partial charge in [-0.05, 0) is 23.6 Å². The van der Waals surface area contributed by atoms with Gasteiger partial charge in [0.1, 0.15) is 0 Å². The molecule has 0 aromatic heterocycles. The molecular formula is C23H31N4O2+. The third-order valence-electron chi connectivity index (χ3n) is 5.50. The molecule has 1 heterocycles. The van der Waals surface area contributed by atoms with E-state index in [0.717, 1.165) is 38.3 Å². The summed E-state index contributed by atoms with van der Waals surface area (Å²) in [7, 11) is 0. The molecule has 2 aromatic carbocycles. The summed E-state index contributed by atoms with van der Waals surface area (Å²) in [5.41, 5.74) is 7.47. The van der Waals surface area contributed by atoms with Crippen LogP contribution in [0.25, 0.3) is 0 Å². The van der Waals surface area contributed by atoms with Crippen LogP contribution >= 0.6 is 0 Å². The number of hydrogen-bond donors (Lipinski definition) is 3. The smallest absolute Gasteiger partial charge is 0.244 e. The summed E-state index contributed by atoms with van der Waals surface area (Å²) in [6.45, 7) is 6.82. The molecule has 1 aliphatic rings. The van der Waals surface area contributed by atoms with Gasteiger partial charge in [-0.2, -0.15) is 0 Å². The standard InChI is InChI=1S/C23H30N4O2/c1-19(20-8-4-2-5-9-20)18-23(29)25-24-22(28)12-13-26-14-16-27(17-15-26)21-10-6-3-7-11-21/h2-11,19H,12-18H2,1H3,(H,24,28)(H,25,29)/p+1/t19-/m0/s1. The molecule has 1 saturated heterocycles. The Kier molecular flexibility index (Phi) is 7.64. The van der Waals surface area contributed by atoms with Crippen molar-refractivity contribution in [3.63, 3.8) is 0 Å². The highest BCUT2D eigenvalue weighted by Crippen LogP contribution is 2.17. The summed E-state index contributed by atoms with van der Waals surface area (Å²) in [5.74, 6) is -0.194. The number of amides is 2. The second-order valence-electron chi connectivity index (χ2n) is 7.68. The Morgan fingerprint density at radius 1 is 0.931 bits per heavy atom. The number of anilines is 1. The summed E-state index contributed by atoms with van der Waals surface area (Å²) >= 11 is 0. The van der Waals surface area contributed by atoms with Gasteiger partial charge < -0.3 is 9.80 Å². The number of nitrogens with one attached hydrogen (secondary N) is 3. The molecule has 3 N–H and O–H groups in total. The summed E-state index contributed by atoms with van der Waals surface area (Å²) in [5, 5.41) is 0. The molecule has 1 aliphatic heterocycles. The van der Waals surface area contributed by atoms with Gasteiger partial charge in [-0.25, -0.2) is 0 Å². The van der Waals surface area contributed by atoms with Crippen molar-refractivity contribution in [1.82, 2.24) is 10.9 Å². The lowest BCUT2D eigenvalue weighted by Gasteiger charge is -2.33. The zero-order valence-corrected chi connectivity index (χ0v) is 17.1. The summed E-state index contributed by atoms with van der Waals surface area (Å²) in [4.78, 5) is 28.0. The van der Waals surface area contributed by atoms with Gasteiger partial charge in [-0.1, -0.05) is 55.5 Å². The fourth-order valence-corrected chi connectivity index (χ4v) is 3.69. The third kappa shape index (κ3) is 6.61. The normalized spacial score (nSPS) is 15.6. The van der Waals surface area contributed by atoms with Crippen LogP contribution in [0, 0.1) is 0 Å². The highest BCUT2D eigenvalue weighted by Gasteiger charge is 2.20. The van der Waals surface area contributed by atoms with Gasteiger partial charge in [0.2, 0.25) is 11.8 Å². The van der Waals surface area contributed by atoms with Crippen LogP contribution in [0.2, 0.25) is 0 Å². The zero-order chi connectivity index (χ0) is 20.5. The molecule has 3 rings (SSSR count). The first kappa shape index (κ1) is 20.9. The monoisotopic (exact) mass is 395 g/mol. The Hall–Kier alpha value is -2.86. The van der Waals surface area contributed by atoms with Gasteiger partial charge in [-0.15, -0.1) is 0 Å². The van der Waals surface area contributed by atoms with Crippen LogP contribution in [0.15, 0.2) is 60.7 Å². The van der Waals surface area contributed by atoms with Gasteiger partial charge >= 0.3 is 0 Å². The summed E-state index contributed by atoms with van der Waals surface area (Å²) in [6.07, 6.45) is 0.756. The molecule has 2 amide bonds. The van der Waals surface area contributed by atoms with E-state index in [1.165, 1.54) is 10.6 Å². The molecule has 1 atom stereocenters. The molecule has 1 fully saturated rings. The maximum absolute atomic E-state index is 12.1. The van der Waals surface area contributed by atoms with Crippen molar-refractivity contribution in [3.05, 3.63) is 66.2 Å². The molecule has 0 radical (unpaired) electrons. The number of carbonyl (C=O) groups excluding carboxylic acids is 2. The van der Waals surface area contributed by atoms with Gasteiger partial charge in [0.15, 0.2) is 0 Å². The maximum atomic E-state index is 12.1. The number of hydrogen-bond acceptors (Lipinski definition) is 3. The molecule has 154 valence electrons. The number of benzene rings is 2. The Morgan fingerprint density at radius 2 is 1.52 bits per heavy atom. The minimum Gasteiger partial charge on any atom is -0.360 e. The minimum atomic E-state index is -0.168. The average Bonchev–Trinajstić information content (AvgIpc) is 2.78. The number of carbonyl (C=O) groups is 2. The van der Waals surface area contributed by atoms with E-state index in [-0.39, 0.29) is 17.7 Å². The molecule has 0 aliphatic carbocycles. The Labute approximate surface area is 172 Å². The van der Waals surface area contributed by atoms with Gasteiger partial charge in [0, 0.05) is 12.1 Å². The van der Waals surface area contributed by atoms with Crippen molar-refractivity contribution in [2.75, 3.05) is 37.6 Å². The Morgan fingerprint density at radius 3 is 2.17 bits per heavy atom. The van der Waals surface area contributed by atoms with E-state index in [1.807, 2.05) is 43.3 Å². The van der Waals surface area contributed by atoms with E-state index in [9.17, 15) is 9.59 Å². The lowest BCUT2D eigenvalue weighted by atomic mass is 9.98. The molecule has 0 spiro atoms. The van der Waals surface area contributed by atoms with E-state index < -0.39 is 0 Å². The number of para-hydroxylation sites is 1. The number of nitrogens with zero attached hydrogens (tertiary/aromatic N) is 1. The van der Waals surface area contributed by atoms with Crippen LogP contribution in [0.4, 0.5) is 5.69 Å². The first-order chi connectivity index (χ1) is 14.1. The Bertz CT molecular complexity index is 774. The number of rotatable bonds is 7. The van der Waals surface area contributed by atoms with Crippen molar-refractivity contribution in [2.24, 2.45) is 0 Å². The molecule has 6 heteroatoms. The van der Waals surface area contributed by atoms with E-state index in [0.29, 0.717) is 12.8 Å². The van der Waals surface area contributed by atoms with Crippen molar-refractivity contribution in [3.8, 4) is 0 Å². The van der Waals surface area contributed by atoms with E-state index in [2.05, 4.69) is 40.0 Å². The van der Waals surface area contributed by atoms with E-state index in [4.69, 9.17) is 0 Å². The predicted molar refractivity (Wildman–Crippen MR) is 115 cm³/mol. The SMILES string of the molecule is C[C@@H](CC(=O)NNC(=O)CC[NH+]1CCN(c2ccccc2)CC1)c1ccccc1. The Balaban J connectivity index is 1.31. The number of hydrazine groups is 1. The number of quaternary nitrogens is 1. The third-order valence-corrected chi connectivity index (χ3v) is 5.50. The van der Waals surface area contributed by atoms with Crippen LogP contribution in [0.5, 0.6) is 0 Å². The lowest BCUT2D eigenvalue weighted by Crippen LogP contribution is -3.15. The van der Waals surface area contributed by atoms with Crippen LogP contribution in [-0.2, 0) is 9.59 Å². The fourth-order valence-electron chi connectivity index (χ4n) is 3.69. The quantitative estimate of drug-likeness (QED) is 0.616. The number of piperazine rings is 1. The molecular weight excluding hydrogens is 364 g/mol. The van der Waals surface area contributed by atoms with Crippen LogP contribution in [-0.4, -0.2) is 44.5 Å². The zero-order valence-electron chi connectivity index (χ0n) is 17.1. The highest BCUT2D eigenvalue weighted by molar-refractivity contribution is 5.82. The van der Waals surface area contributed by atoms with Gasteiger partial charge in [0.25, 0.3) is 0 Å². The minimum absolute atomic E-state index is 0.110. The van der Waals surface area contributed by atoms with Crippen molar-refractivity contribution in [2.45, 2.75) is 25.7 Å². The van der Waals surface area contributed by atoms with Crippen LogP contribution in [0.3, 0.4) is 0 Å². The molecule has 29 heavy (non-hydrogen) atoms. The second kappa shape index (κ2) is 10.6. The highest BCUT2D eigenvalue weighted by atomic mass is 16.2. The average molecular weight is 396 g/mol. The van der Waals surface area contributed by atoms with Crippen molar-refractivity contribution < 1.29 is 14.5 Å². The predicted octanol–water partition coefficient (Wildman–Crippen LogP) is 1.12. The van der Waals surface area contributed by atoms with Gasteiger partial charge in [0.05, 0.1) is 39.1 Å². The fraction of sp³-hybridized carbons (Fsp3) is 0.391. The molecule has 2 aromatic rings. The maximum Gasteiger partial charge on any atom is 0.244 e. The van der Waals surface area contributed by atoms with Crippen molar-refractivity contribution in [1.29, 1.82) is 0 Å². The molecule has 0 bridgehead atoms. The lowest BCUT2D eigenvalue weighted by molar-refractivity contribution is -0.900. The largest absolute Gasteiger partial charge is 0.360 e. The van der Waals surface area contributed by atoms with Crippen LogP contribution < -0.4 is 20.7 Å². The van der Waals surface area contributed by atoms with E-state index in [1.54, 1.807) is 0 Å². The first-order valence-electron chi connectivity index (χ1n) is 10.4.